The van der Waals surface area contributed by atoms with Crippen molar-refractivity contribution in [2.24, 2.45) is 0 Å². The molecule has 1 aromatic heterocycles. The first-order chi connectivity index (χ1) is 12.1. The molecule has 0 saturated carbocycles. The molecule has 3 amide bonds. The van der Waals surface area contributed by atoms with Gasteiger partial charge in [0.15, 0.2) is 0 Å². The summed E-state index contributed by atoms with van der Waals surface area (Å²) < 4.78 is 1.76. The molecule has 3 N–H and O–H groups in total. The summed E-state index contributed by atoms with van der Waals surface area (Å²) in [5.41, 5.74) is 2.99. The topological polar surface area (TPSA) is 88.1 Å². The highest BCUT2D eigenvalue weighted by atomic mass is 16.2. The number of urea groups is 1. The standard InChI is InChI=1S/C18H23N5O2/c1-3-19-17(24)12(2)20-18(25)21-16-14-10-7-11-15(14)22-23(16)13-8-5-4-6-9-13/h4-6,8-9,12H,3,7,10-11H2,1-2H3,(H,19,24)(H2,20,21,25). The Morgan fingerprint density at radius 1 is 1.24 bits per heavy atom. The summed E-state index contributed by atoms with van der Waals surface area (Å²) in [5.74, 6) is 0.471. The quantitative estimate of drug-likeness (QED) is 0.777. The number of likely N-dealkylation sites (N-methyl/N-ethyl adjacent to an activating group) is 1. The first-order valence-corrected chi connectivity index (χ1v) is 8.61. The van der Waals surface area contributed by atoms with Gasteiger partial charge in [0.1, 0.15) is 11.9 Å². The molecule has 0 fully saturated rings. The van der Waals surface area contributed by atoms with Gasteiger partial charge in [0, 0.05) is 12.1 Å². The number of aromatic nitrogens is 2. The predicted molar refractivity (Wildman–Crippen MR) is 95.9 cm³/mol. The minimum Gasteiger partial charge on any atom is -0.355 e. The van der Waals surface area contributed by atoms with Crippen LogP contribution in [0.3, 0.4) is 0 Å². The van der Waals surface area contributed by atoms with Gasteiger partial charge in [-0.3, -0.25) is 10.1 Å². The van der Waals surface area contributed by atoms with Crippen LogP contribution in [0.4, 0.5) is 10.6 Å². The van der Waals surface area contributed by atoms with Crippen molar-refractivity contribution in [3.05, 3.63) is 41.6 Å². The highest BCUT2D eigenvalue weighted by molar-refractivity contribution is 5.93. The Bertz CT molecular complexity index is 769. The molecule has 1 aliphatic rings. The molecule has 0 saturated heterocycles. The smallest absolute Gasteiger partial charge is 0.321 e. The average molecular weight is 341 g/mol. The van der Waals surface area contributed by atoms with Crippen LogP contribution >= 0.6 is 0 Å². The van der Waals surface area contributed by atoms with E-state index in [2.05, 4.69) is 21.0 Å². The van der Waals surface area contributed by atoms with Gasteiger partial charge >= 0.3 is 6.03 Å². The molecule has 0 bridgehead atoms. The zero-order chi connectivity index (χ0) is 17.8. The molecule has 0 aliphatic heterocycles. The molecule has 0 radical (unpaired) electrons. The van der Waals surface area contributed by atoms with Gasteiger partial charge in [-0.1, -0.05) is 18.2 Å². The highest BCUT2D eigenvalue weighted by Gasteiger charge is 2.25. The van der Waals surface area contributed by atoms with E-state index in [4.69, 9.17) is 0 Å². The van der Waals surface area contributed by atoms with E-state index < -0.39 is 12.1 Å². The van der Waals surface area contributed by atoms with Crippen LogP contribution in [0.1, 0.15) is 31.5 Å². The molecule has 1 atom stereocenters. The number of nitrogens with one attached hydrogen (secondary N) is 3. The monoisotopic (exact) mass is 341 g/mol. The van der Waals surface area contributed by atoms with E-state index in [1.165, 1.54) is 0 Å². The lowest BCUT2D eigenvalue weighted by Crippen LogP contribution is -2.46. The molecule has 25 heavy (non-hydrogen) atoms. The molecule has 0 spiro atoms. The minimum absolute atomic E-state index is 0.209. The van der Waals surface area contributed by atoms with Crippen molar-refractivity contribution in [2.45, 2.75) is 39.2 Å². The first-order valence-electron chi connectivity index (χ1n) is 8.61. The third kappa shape index (κ3) is 3.65. The summed E-state index contributed by atoms with van der Waals surface area (Å²) in [6.45, 7) is 4.02. The van der Waals surface area contributed by atoms with Crippen LogP contribution in [0.15, 0.2) is 30.3 Å². The van der Waals surface area contributed by atoms with Gasteiger partial charge in [-0.15, -0.1) is 0 Å². The molecule has 1 aromatic carbocycles. The van der Waals surface area contributed by atoms with Crippen LogP contribution < -0.4 is 16.0 Å². The third-order valence-electron chi connectivity index (χ3n) is 4.23. The van der Waals surface area contributed by atoms with Gasteiger partial charge in [-0.25, -0.2) is 9.48 Å². The number of benzene rings is 1. The van der Waals surface area contributed by atoms with Crippen LogP contribution in [0.5, 0.6) is 0 Å². The molecule has 2 aromatic rings. The fraction of sp³-hybridized carbons (Fsp3) is 0.389. The van der Waals surface area contributed by atoms with E-state index >= 15 is 0 Å². The molecule has 1 aliphatic carbocycles. The number of rotatable bonds is 5. The molecule has 132 valence electrons. The van der Waals surface area contributed by atoms with Crippen LogP contribution in [-0.2, 0) is 17.6 Å². The Labute approximate surface area is 146 Å². The van der Waals surface area contributed by atoms with Crippen molar-refractivity contribution < 1.29 is 9.59 Å². The summed E-state index contributed by atoms with van der Waals surface area (Å²) in [6, 6.07) is 8.68. The Kier molecular flexibility index (Phi) is 5.02. The summed E-state index contributed by atoms with van der Waals surface area (Å²) in [4.78, 5) is 24.2. The number of fused-ring (bicyclic) bond motifs is 1. The summed E-state index contributed by atoms with van der Waals surface area (Å²) in [7, 11) is 0. The third-order valence-corrected chi connectivity index (χ3v) is 4.23. The van der Waals surface area contributed by atoms with Crippen molar-refractivity contribution in [1.29, 1.82) is 0 Å². The zero-order valence-corrected chi connectivity index (χ0v) is 14.5. The fourth-order valence-corrected chi connectivity index (χ4v) is 3.01. The van der Waals surface area contributed by atoms with Gasteiger partial charge in [-0.2, -0.15) is 5.10 Å². The molecule has 7 nitrogen and oxygen atoms in total. The number of hydrogen-bond acceptors (Lipinski definition) is 3. The lowest BCUT2D eigenvalue weighted by Gasteiger charge is -2.15. The number of para-hydroxylation sites is 1. The maximum Gasteiger partial charge on any atom is 0.321 e. The summed E-state index contributed by atoms with van der Waals surface area (Å²) >= 11 is 0. The molecular formula is C18H23N5O2. The molecule has 1 heterocycles. The van der Waals surface area contributed by atoms with Crippen LogP contribution in [0, 0.1) is 0 Å². The van der Waals surface area contributed by atoms with Crippen LogP contribution in [0.25, 0.3) is 5.69 Å². The second kappa shape index (κ2) is 7.38. The number of amides is 3. The predicted octanol–water partition coefficient (Wildman–Crippen LogP) is 2.01. The SMILES string of the molecule is CCNC(=O)C(C)NC(=O)Nc1c2c(nn1-c1ccccc1)CCC2. The van der Waals surface area contributed by atoms with Gasteiger partial charge < -0.3 is 10.6 Å². The lowest BCUT2D eigenvalue weighted by atomic mass is 10.2. The Morgan fingerprint density at radius 2 is 2.00 bits per heavy atom. The lowest BCUT2D eigenvalue weighted by molar-refractivity contribution is -0.122. The van der Waals surface area contributed by atoms with Gasteiger partial charge in [0.25, 0.3) is 0 Å². The van der Waals surface area contributed by atoms with Crippen molar-refractivity contribution in [2.75, 3.05) is 11.9 Å². The number of carbonyl (C=O) groups is 2. The average Bonchev–Trinajstić information content (AvgIpc) is 3.18. The maximum atomic E-state index is 12.4. The minimum atomic E-state index is -0.610. The maximum absolute atomic E-state index is 12.4. The molecule has 3 rings (SSSR count). The second-order valence-electron chi connectivity index (χ2n) is 6.09. The van der Waals surface area contributed by atoms with E-state index in [9.17, 15) is 9.59 Å². The van der Waals surface area contributed by atoms with E-state index in [0.29, 0.717) is 12.4 Å². The van der Waals surface area contributed by atoms with Crippen molar-refractivity contribution in [3.8, 4) is 5.69 Å². The van der Waals surface area contributed by atoms with E-state index in [1.54, 1.807) is 11.6 Å². The number of anilines is 1. The van der Waals surface area contributed by atoms with Gasteiger partial charge in [0.05, 0.1) is 11.4 Å². The largest absolute Gasteiger partial charge is 0.355 e. The van der Waals surface area contributed by atoms with Gasteiger partial charge in [-0.05, 0) is 45.2 Å². The summed E-state index contributed by atoms with van der Waals surface area (Å²) in [6.07, 6.45) is 2.85. The number of aryl methyl sites for hydroxylation is 1. The van der Waals surface area contributed by atoms with E-state index in [1.807, 2.05) is 37.3 Å². The summed E-state index contributed by atoms with van der Waals surface area (Å²) in [5, 5.41) is 12.9. The normalized spacial score (nSPS) is 13.8. The van der Waals surface area contributed by atoms with E-state index in [0.717, 1.165) is 36.2 Å². The van der Waals surface area contributed by atoms with Gasteiger partial charge in [0.2, 0.25) is 5.91 Å². The van der Waals surface area contributed by atoms with Crippen molar-refractivity contribution in [3.63, 3.8) is 0 Å². The van der Waals surface area contributed by atoms with Crippen LogP contribution in [0.2, 0.25) is 0 Å². The van der Waals surface area contributed by atoms with Crippen LogP contribution in [-0.4, -0.2) is 34.3 Å². The number of hydrogen-bond donors (Lipinski definition) is 3. The Balaban J connectivity index is 1.80. The molecular weight excluding hydrogens is 318 g/mol. The molecule has 1 unspecified atom stereocenters. The van der Waals surface area contributed by atoms with Crippen molar-refractivity contribution in [1.82, 2.24) is 20.4 Å². The number of nitrogens with zero attached hydrogens (tertiary/aromatic N) is 2. The fourth-order valence-electron chi connectivity index (χ4n) is 3.01. The molecule has 7 heteroatoms. The van der Waals surface area contributed by atoms with E-state index in [-0.39, 0.29) is 5.91 Å². The number of carbonyl (C=O) groups excluding carboxylic acids is 2. The first kappa shape index (κ1) is 17.0. The van der Waals surface area contributed by atoms with Crippen molar-refractivity contribution >= 4 is 17.8 Å². The Morgan fingerprint density at radius 3 is 2.72 bits per heavy atom. The second-order valence-corrected chi connectivity index (χ2v) is 6.09. The Hall–Kier alpha value is -2.83. The highest BCUT2D eigenvalue weighted by Crippen LogP contribution is 2.30. The zero-order valence-electron chi connectivity index (χ0n) is 14.5.